The average Bonchev–Trinajstić information content (AvgIpc) is 2.95. The van der Waals surface area contributed by atoms with E-state index < -0.39 is 5.82 Å². The van der Waals surface area contributed by atoms with E-state index in [1.807, 2.05) is 6.92 Å². The van der Waals surface area contributed by atoms with Crippen molar-refractivity contribution in [3.8, 4) is 0 Å². The van der Waals surface area contributed by atoms with Crippen LogP contribution >= 0.6 is 23.2 Å². The van der Waals surface area contributed by atoms with Gasteiger partial charge in [-0.1, -0.05) is 11.6 Å². The molecule has 1 aliphatic rings. The molecule has 0 aliphatic carbocycles. The average molecular weight is 317 g/mol. The SMILES string of the molecule is CC(Cl)c1nc2cc(F)c(Cl)cc2n1C1(C)CCOC1. The number of nitrogens with zero attached hydrogens (tertiary/aromatic N) is 2. The molecule has 2 unspecified atom stereocenters. The molecule has 0 spiro atoms. The van der Waals surface area contributed by atoms with Gasteiger partial charge in [0.05, 0.1) is 33.6 Å². The number of rotatable bonds is 2. The third-order valence-electron chi connectivity index (χ3n) is 3.82. The molecule has 6 heteroatoms. The third kappa shape index (κ3) is 2.10. The van der Waals surface area contributed by atoms with Crippen LogP contribution in [-0.4, -0.2) is 22.8 Å². The molecule has 2 atom stereocenters. The van der Waals surface area contributed by atoms with Gasteiger partial charge >= 0.3 is 0 Å². The van der Waals surface area contributed by atoms with Crippen LogP contribution in [0.4, 0.5) is 4.39 Å². The Morgan fingerprint density at radius 2 is 2.25 bits per heavy atom. The van der Waals surface area contributed by atoms with Crippen LogP contribution in [-0.2, 0) is 10.3 Å². The number of hydrogen-bond acceptors (Lipinski definition) is 2. The largest absolute Gasteiger partial charge is 0.379 e. The topological polar surface area (TPSA) is 27.1 Å². The van der Waals surface area contributed by atoms with Gasteiger partial charge in [-0.25, -0.2) is 9.37 Å². The van der Waals surface area contributed by atoms with Crippen molar-refractivity contribution in [2.24, 2.45) is 0 Å². The fraction of sp³-hybridized carbons (Fsp3) is 0.500. The predicted octanol–water partition coefficient (Wildman–Crippen LogP) is 4.26. The van der Waals surface area contributed by atoms with Crippen molar-refractivity contribution >= 4 is 34.2 Å². The first-order chi connectivity index (χ1) is 9.42. The summed E-state index contributed by atoms with van der Waals surface area (Å²) in [6, 6.07) is 2.97. The van der Waals surface area contributed by atoms with E-state index in [4.69, 9.17) is 27.9 Å². The Labute approximate surface area is 126 Å². The Morgan fingerprint density at radius 3 is 2.85 bits per heavy atom. The highest BCUT2D eigenvalue weighted by atomic mass is 35.5. The van der Waals surface area contributed by atoms with Crippen LogP contribution in [0.5, 0.6) is 0 Å². The van der Waals surface area contributed by atoms with Gasteiger partial charge < -0.3 is 9.30 Å². The number of imidazole rings is 1. The molecule has 1 aromatic heterocycles. The van der Waals surface area contributed by atoms with Crippen molar-refractivity contribution in [1.29, 1.82) is 0 Å². The molecule has 0 amide bonds. The van der Waals surface area contributed by atoms with Crippen LogP contribution in [0.2, 0.25) is 5.02 Å². The van der Waals surface area contributed by atoms with E-state index in [1.165, 1.54) is 6.07 Å². The summed E-state index contributed by atoms with van der Waals surface area (Å²) in [7, 11) is 0. The second-order valence-electron chi connectivity index (χ2n) is 5.48. The van der Waals surface area contributed by atoms with Crippen LogP contribution in [0.1, 0.15) is 31.5 Å². The lowest BCUT2D eigenvalue weighted by Crippen LogP contribution is -2.32. The number of aromatic nitrogens is 2. The molecule has 1 fully saturated rings. The van der Waals surface area contributed by atoms with Crippen molar-refractivity contribution in [3.05, 3.63) is 28.8 Å². The van der Waals surface area contributed by atoms with E-state index in [0.717, 1.165) is 17.8 Å². The van der Waals surface area contributed by atoms with Gasteiger partial charge in [-0.15, -0.1) is 11.6 Å². The molecule has 2 aromatic rings. The summed E-state index contributed by atoms with van der Waals surface area (Å²) in [4.78, 5) is 4.48. The predicted molar refractivity (Wildman–Crippen MR) is 78.1 cm³/mol. The van der Waals surface area contributed by atoms with Gasteiger partial charge in [-0.3, -0.25) is 0 Å². The Morgan fingerprint density at radius 1 is 1.50 bits per heavy atom. The zero-order valence-corrected chi connectivity index (χ0v) is 12.8. The molecular weight excluding hydrogens is 302 g/mol. The van der Waals surface area contributed by atoms with Gasteiger partial charge in [-0.2, -0.15) is 0 Å². The van der Waals surface area contributed by atoms with Crippen molar-refractivity contribution in [3.63, 3.8) is 0 Å². The zero-order chi connectivity index (χ0) is 14.5. The van der Waals surface area contributed by atoms with E-state index in [2.05, 4.69) is 16.5 Å². The molecule has 1 aliphatic heterocycles. The van der Waals surface area contributed by atoms with Crippen molar-refractivity contribution in [2.75, 3.05) is 13.2 Å². The Balaban J connectivity index is 2.31. The fourth-order valence-electron chi connectivity index (χ4n) is 2.76. The van der Waals surface area contributed by atoms with Crippen LogP contribution < -0.4 is 0 Å². The molecule has 0 radical (unpaired) electrons. The summed E-state index contributed by atoms with van der Waals surface area (Å²) in [5, 5.41) is -0.184. The number of fused-ring (bicyclic) bond motifs is 1. The lowest BCUT2D eigenvalue weighted by molar-refractivity contribution is 0.162. The number of hydrogen-bond donors (Lipinski definition) is 0. The van der Waals surface area contributed by atoms with Crippen molar-refractivity contribution in [1.82, 2.24) is 9.55 Å². The molecule has 0 bridgehead atoms. The quantitative estimate of drug-likeness (QED) is 0.774. The Kier molecular flexibility index (Phi) is 3.43. The minimum atomic E-state index is -0.467. The van der Waals surface area contributed by atoms with Crippen LogP contribution in [0.15, 0.2) is 12.1 Å². The number of halogens is 3. The molecule has 108 valence electrons. The van der Waals surface area contributed by atoms with E-state index in [0.29, 0.717) is 18.7 Å². The maximum atomic E-state index is 13.6. The van der Waals surface area contributed by atoms with E-state index in [9.17, 15) is 4.39 Å². The molecule has 0 saturated carbocycles. The van der Waals surface area contributed by atoms with Gasteiger partial charge in [0, 0.05) is 12.7 Å². The van der Waals surface area contributed by atoms with Gasteiger partial charge in [0.2, 0.25) is 0 Å². The smallest absolute Gasteiger partial charge is 0.144 e. The Hall–Kier alpha value is -0.840. The van der Waals surface area contributed by atoms with Crippen molar-refractivity contribution < 1.29 is 9.13 Å². The first-order valence-corrected chi connectivity index (χ1v) is 7.33. The van der Waals surface area contributed by atoms with Gasteiger partial charge in [0.15, 0.2) is 0 Å². The summed E-state index contributed by atoms with van der Waals surface area (Å²) in [6.45, 7) is 5.24. The minimum Gasteiger partial charge on any atom is -0.379 e. The van der Waals surface area contributed by atoms with E-state index in [1.54, 1.807) is 6.07 Å². The second-order valence-corrected chi connectivity index (χ2v) is 6.54. The second kappa shape index (κ2) is 4.86. The lowest BCUT2D eigenvalue weighted by atomic mass is 10.0. The molecule has 1 aromatic carbocycles. The summed E-state index contributed by atoms with van der Waals surface area (Å²) in [5.41, 5.74) is 1.14. The first kappa shape index (κ1) is 14.1. The number of alkyl halides is 1. The molecule has 3 rings (SSSR count). The fourth-order valence-corrected chi connectivity index (χ4v) is 3.06. The molecule has 2 heterocycles. The summed E-state index contributed by atoms with van der Waals surface area (Å²) >= 11 is 12.2. The zero-order valence-electron chi connectivity index (χ0n) is 11.3. The highest BCUT2D eigenvalue weighted by Gasteiger charge is 2.36. The van der Waals surface area contributed by atoms with E-state index >= 15 is 0 Å². The third-order valence-corrected chi connectivity index (χ3v) is 4.30. The lowest BCUT2D eigenvalue weighted by Gasteiger charge is -2.28. The first-order valence-electron chi connectivity index (χ1n) is 6.52. The summed E-state index contributed by atoms with van der Waals surface area (Å²) < 4.78 is 21.2. The molecule has 3 nitrogen and oxygen atoms in total. The van der Waals surface area contributed by atoms with Crippen LogP contribution in [0, 0.1) is 5.82 Å². The Bertz CT molecular complexity index is 663. The number of ether oxygens (including phenoxy) is 1. The van der Waals surface area contributed by atoms with Gasteiger partial charge in [-0.05, 0) is 26.3 Å². The van der Waals surface area contributed by atoms with E-state index in [-0.39, 0.29) is 15.9 Å². The van der Waals surface area contributed by atoms with Gasteiger partial charge in [0.25, 0.3) is 0 Å². The highest BCUT2D eigenvalue weighted by Crippen LogP contribution is 2.36. The maximum Gasteiger partial charge on any atom is 0.144 e. The molecule has 1 saturated heterocycles. The molecule has 20 heavy (non-hydrogen) atoms. The van der Waals surface area contributed by atoms with Gasteiger partial charge in [0.1, 0.15) is 11.6 Å². The van der Waals surface area contributed by atoms with Crippen molar-refractivity contribution in [2.45, 2.75) is 31.2 Å². The summed E-state index contributed by atoms with van der Waals surface area (Å²) in [5.74, 6) is 0.252. The molecular formula is C14H15Cl2FN2O. The maximum absolute atomic E-state index is 13.6. The van der Waals surface area contributed by atoms with Crippen LogP contribution in [0.3, 0.4) is 0 Å². The standard InChI is InChI=1S/C14H15Cl2FN2O/c1-8(15)13-18-11-6-10(17)9(16)5-12(11)19(13)14(2)3-4-20-7-14/h5-6,8H,3-4,7H2,1-2H3. The molecule has 0 N–H and O–H groups in total. The normalized spacial score (nSPS) is 24.4. The summed E-state index contributed by atoms with van der Waals surface area (Å²) in [6.07, 6.45) is 0.865. The minimum absolute atomic E-state index is 0.0925. The highest BCUT2D eigenvalue weighted by molar-refractivity contribution is 6.31. The number of benzene rings is 1. The monoisotopic (exact) mass is 316 g/mol. The van der Waals surface area contributed by atoms with Crippen LogP contribution in [0.25, 0.3) is 11.0 Å².